The molecule has 0 saturated carbocycles. The Kier molecular flexibility index (Phi) is 28.5. The minimum Gasteiger partial charge on any atom is -0.344 e. The molecule has 0 unspecified atom stereocenters. The maximum absolute atomic E-state index is 2.30. The van der Waals surface area contributed by atoms with Crippen molar-refractivity contribution in [3.63, 3.8) is 0 Å². The van der Waals surface area contributed by atoms with Gasteiger partial charge in [-0.15, -0.1) is 0 Å². The summed E-state index contributed by atoms with van der Waals surface area (Å²) < 4.78 is 0. The van der Waals surface area contributed by atoms with Gasteiger partial charge in [0.15, 0.2) is 0 Å². The summed E-state index contributed by atoms with van der Waals surface area (Å²) in [5.74, 6) is 0. The number of hydrogen-bond donors (Lipinski definition) is 1. The van der Waals surface area contributed by atoms with Crippen molar-refractivity contribution in [3.8, 4) is 0 Å². The van der Waals surface area contributed by atoms with Crippen LogP contribution in [0.4, 0.5) is 0 Å². The van der Waals surface area contributed by atoms with E-state index in [9.17, 15) is 0 Å². The van der Waals surface area contributed by atoms with Crippen molar-refractivity contribution in [2.45, 2.75) is 155 Å². The van der Waals surface area contributed by atoms with E-state index in [4.69, 9.17) is 0 Å². The van der Waals surface area contributed by atoms with E-state index in [1.165, 1.54) is 141 Å². The third-order valence-electron chi connectivity index (χ3n) is 5.46. The van der Waals surface area contributed by atoms with E-state index in [1.807, 2.05) is 0 Å². The Morgan fingerprint density at radius 1 is 0.240 bits per heavy atom. The minimum absolute atomic E-state index is 0. The van der Waals surface area contributed by atoms with Gasteiger partial charge < -0.3 is 6.15 Å². The Labute approximate surface area is 161 Å². The molecule has 0 heterocycles. The quantitative estimate of drug-likeness (QED) is 0.204. The van der Waals surface area contributed by atoms with Gasteiger partial charge in [0, 0.05) is 0 Å². The van der Waals surface area contributed by atoms with Gasteiger partial charge in [0.25, 0.3) is 0 Å². The van der Waals surface area contributed by atoms with Gasteiger partial charge in [-0.05, 0) is 0 Å². The molecule has 0 bridgehead atoms. The average molecular weight is 356 g/mol. The molecule has 0 saturated heterocycles. The van der Waals surface area contributed by atoms with Gasteiger partial charge >= 0.3 is 0 Å². The molecule has 0 amide bonds. The first kappa shape index (κ1) is 27.2. The predicted molar refractivity (Wildman–Crippen MR) is 118 cm³/mol. The van der Waals surface area contributed by atoms with Crippen molar-refractivity contribution in [1.82, 2.24) is 6.15 Å². The summed E-state index contributed by atoms with van der Waals surface area (Å²) >= 11 is 0. The van der Waals surface area contributed by atoms with Gasteiger partial charge in [-0.3, -0.25) is 0 Å². The lowest BCUT2D eigenvalue weighted by molar-refractivity contribution is 0.520. The monoisotopic (exact) mass is 355 g/mol. The molecule has 1 nitrogen and oxygen atoms in total. The Hall–Kier alpha value is -0.0400. The molecule has 0 aromatic heterocycles. The lowest BCUT2D eigenvalue weighted by Crippen LogP contribution is -1.84. The highest BCUT2D eigenvalue weighted by atomic mass is 14.0. The fraction of sp³-hybridized carbons (Fsp3) is 1.00. The van der Waals surface area contributed by atoms with E-state index in [0.29, 0.717) is 0 Å². The first-order valence-electron chi connectivity index (χ1n) is 11.9. The normalized spacial score (nSPS) is 10.8. The Morgan fingerprint density at radius 3 is 0.480 bits per heavy atom. The molecule has 154 valence electrons. The summed E-state index contributed by atoms with van der Waals surface area (Å²) in [6, 6.07) is 0. The highest BCUT2D eigenvalue weighted by Crippen LogP contribution is 2.15. The second kappa shape index (κ2) is 26.2. The highest BCUT2D eigenvalue weighted by Gasteiger charge is 1.95. The predicted octanol–water partition coefficient (Wildman–Crippen LogP) is 9.77. The van der Waals surface area contributed by atoms with E-state index in [2.05, 4.69) is 13.8 Å². The summed E-state index contributed by atoms with van der Waals surface area (Å²) in [4.78, 5) is 0. The van der Waals surface area contributed by atoms with E-state index >= 15 is 0 Å². The van der Waals surface area contributed by atoms with Crippen molar-refractivity contribution in [2.24, 2.45) is 0 Å². The van der Waals surface area contributed by atoms with Gasteiger partial charge in [0.2, 0.25) is 0 Å². The van der Waals surface area contributed by atoms with Gasteiger partial charge in [-0.25, -0.2) is 0 Å². The summed E-state index contributed by atoms with van der Waals surface area (Å²) in [5, 5.41) is 0. The van der Waals surface area contributed by atoms with E-state index in [-0.39, 0.29) is 6.15 Å². The van der Waals surface area contributed by atoms with Crippen LogP contribution in [-0.2, 0) is 0 Å². The van der Waals surface area contributed by atoms with Crippen LogP contribution in [0, 0.1) is 0 Å². The third-order valence-corrected chi connectivity index (χ3v) is 5.46. The molecule has 25 heavy (non-hydrogen) atoms. The van der Waals surface area contributed by atoms with Crippen molar-refractivity contribution in [2.75, 3.05) is 0 Å². The molecule has 1 heteroatoms. The lowest BCUT2D eigenvalue weighted by Gasteiger charge is -2.04. The second-order valence-electron chi connectivity index (χ2n) is 8.07. The van der Waals surface area contributed by atoms with Crippen LogP contribution in [0.5, 0.6) is 0 Å². The molecule has 0 aliphatic carbocycles. The summed E-state index contributed by atoms with van der Waals surface area (Å²) in [5.41, 5.74) is 0. The van der Waals surface area contributed by atoms with Gasteiger partial charge in [0.1, 0.15) is 0 Å². The molecule has 0 aromatic carbocycles. The number of hydrogen-bond acceptors (Lipinski definition) is 1. The summed E-state index contributed by atoms with van der Waals surface area (Å²) in [7, 11) is 0. The topological polar surface area (TPSA) is 35.0 Å². The van der Waals surface area contributed by atoms with Crippen LogP contribution < -0.4 is 6.15 Å². The van der Waals surface area contributed by atoms with E-state index < -0.39 is 0 Å². The van der Waals surface area contributed by atoms with Crippen LogP contribution in [0.2, 0.25) is 0 Å². The molecular weight excluding hydrogens is 302 g/mol. The smallest absolute Gasteiger partial charge is 0.0533 e. The molecule has 0 aromatic rings. The average Bonchev–Trinajstić information content (AvgIpc) is 2.60. The first-order valence-corrected chi connectivity index (χ1v) is 11.9. The van der Waals surface area contributed by atoms with Crippen LogP contribution in [-0.4, -0.2) is 0 Å². The zero-order chi connectivity index (χ0) is 17.6. The molecular formula is C24H53N. The SMILES string of the molecule is CCCCCCCCCCCCCCCCCCCCCCCC.N. The fourth-order valence-electron chi connectivity index (χ4n) is 3.68. The molecule has 0 radical (unpaired) electrons. The largest absolute Gasteiger partial charge is 0.344 e. The Bertz CT molecular complexity index is 180. The van der Waals surface area contributed by atoms with Crippen molar-refractivity contribution >= 4 is 0 Å². The van der Waals surface area contributed by atoms with Crippen LogP contribution in [0.3, 0.4) is 0 Å². The number of rotatable bonds is 21. The molecule has 3 N–H and O–H groups in total. The number of unbranched alkanes of at least 4 members (excludes halogenated alkanes) is 21. The fourth-order valence-corrected chi connectivity index (χ4v) is 3.68. The van der Waals surface area contributed by atoms with Crippen LogP contribution >= 0.6 is 0 Å². The molecule has 0 fully saturated rings. The highest BCUT2D eigenvalue weighted by molar-refractivity contribution is 4.50. The minimum atomic E-state index is 0. The maximum Gasteiger partial charge on any atom is -0.0533 e. The van der Waals surface area contributed by atoms with Crippen LogP contribution in [0.25, 0.3) is 0 Å². The summed E-state index contributed by atoms with van der Waals surface area (Å²) in [6.07, 6.45) is 32.4. The Balaban J connectivity index is 0. The van der Waals surface area contributed by atoms with Gasteiger partial charge in [-0.1, -0.05) is 155 Å². The maximum atomic E-state index is 2.30. The van der Waals surface area contributed by atoms with E-state index in [1.54, 1.807) is 0 Å². The molecule has 0 atom stereocenters. The third kappa shape index (κ3) is 26.3. The van der Waals surface area contributed by atoms with Crippen molar-refractivity contribution < 1.29 is 0 Å². The first-order chi connectivity index (χ1) is 11.9. The zero-order valence-electron chi connectivity index (χ0n) is 18.3. The molecule has 0 aliphatic rings. The molecule has 0 aliphatic heterocycles. The molecule has 0 rings (SSSR count). The second-order valence-corrected chi connectivity index (χ2v) is 8.07. The Morgan fingerprint density at radius 2 is 0.360 bits per heavy atom. The van der Waals surface area contributed by atoms with Gasteiger partial charge in [-0.2, -0.15) is 0 Å². The molecule has 0 spiro atoms. The zero-order valence-corrected chi connectivity index (χ0v) is 18.3. The van der Waals surface area contributed by atoms with Crippen LogP contribution in [0.1, 0.15) is 155 Å². The van der Waals surface area contributed by atoms with Crippen LogP contribution in [0.15, 0.2) is 0 Å². The van der Waals surface area contributed by atoms with Crippen molar-refractivity contribution in [1.29, 1.82) is 0 Å². The standard InChI is InChI=1S/C24H50.H3N/c1-3-5-7-9-11-13-15-17-19-21-23-24-22-20-18-16-14-12-10-8-6-4-2;/h3-24H2,1-2H3;1H3. The lowest BCUT2D eigenvalue weighted by atomic mass is 10.0. The summed E-state index contributed by atoms with van der Waals surface area (Å²) in [6.45, 7) is 4.60. The van der Waals surface area contributed by atoms with Crippen molar-refractivity contribution in [3.05, 3.63) is 0 Å². The van der Waals surface area contributed by atoms with E-state index in [0.717, 1.165) is 0 Å². The van der Waals surface area contributed by atoms with Gasteiger partial charge in [0.05, 0.1) is 0 Å².